The van der Waals surface area contributed by atoms with Crippen LogP contribution in [-0.2, 0) is 16.4 Å². The van der Waals surface area contributed by atoms with Gasteiger partial charge in [0.25, 0.3) is 0 Å². The Labute approximate surface area is 262 Å². The summed E-state index contributed by atoms with van der Waals surface area (Å²) in [5.74, 6) is 0.327. The number of rotatable bonds is 11. The van der Waals surface area contributed by atoms with Gasteiger partial charge in [0.1, 0.15) is 11.6 Å². The Kier molecular flexibility index (Phi) is 10.4. The molecule has 236 valence electrons. The maximum absolute atomic E-state index is 14.2. The number of pyridine rings is 2. The summed E-state index contributed by atoms with van der Waals surface area (Å²) in [6, 6.07) is 19.1. The number of piperidine rings is 1. The molecular formula is C33H36FN5O5S. The van der Waals surface area contributed by atoms with Crippen LogP contribution in [0.1, 0.15) is 30.5 Å². The van der Waals surface area contributed by atoms with Gasteiger partial charge in [-0.15, -0.1) is 0 Å². The Morgan fingerprint density at radius 1 is 1.04 bits per heavy atom. The molecule has 10 nitrogen and oxygen atoms in total. The second-order valence-electron chi connectivity index (χ2n) is 10.9. The third-order valence-corrected chi connectivity index (χ3v) is 9.39. The normalized spacial score (nSPS) is 14.2. The maximum atomic E-state index is 14.2. The van der Waals surface area contributed by atoms with Crippen molar-refractivity contribution in [1.82, 2.24) is 14.9 Å². The number of ether oxygens (including phenoxy) is 1. The summed E-state index contributed by atoms with van der Waals surface area (Å²) < 4.78 is 44.5. The van der Waals surface area contributed by atoms with E-state index in [4.69, 9.17) is 9.84 Å². The second kappa shape index (κ2) is 14.6. The molecule has 1 aliphatic heterocycles. The van der Waals surface area contributed by atoms with Crippen LogP contribution in [0.4, 0.5) is 20.6 Å². The number of urea groups is 1. The van der Waals surface area contributed by atoms with Crippen molar-refractivity contribution in [2.45, 2.75) is 43.7 Å². The van der Waals surface area contributed by atoms with Crippen LogP contribution in [0, 0.1) is 12.7 Å². The number of hydrogen-bond donors (Lipinski definition) is 2. The summed E-state index contributed by atoms with van der Waals surface area (Å²) in [6.07, 6.45) is 4.95. The van der Waals surface area contributed by atoms with E-state index in [0.29, 0.717) is 42.4 Å². The van der Waals surface area contributed by atoms with E-state index in [0.717, 1.165) is 24.3 Å². The molecule has 45 heavy (non-hydrogen) atoms. The van der Waals surface area contributed by atoms with E-state index in [2.05, 4.69) is 20.2 Å². The molecule has 2 N–H and O–H groups in total. The molecule has 0 atom stereocenters. The van der Waals surface area contributed by atoms with Gasteiger partial charge in [-0.3, -0.25) is 14.8 Å². The SMILES string of the molecule is Cc1ccc(NC(=O)N(c2cccc(F)c2)C2CCN(Cc3ccc(Oc4ccc(S(=O)(=O)CCCO)cc4)nc3)CC2)cn1. The summed E-state index contributed by atoms with van der Waals surface area (Å²) >= 11 is 0. The molecule has 2 aromatic carbocycles. The van der Waals surface area contributed by atoms with Crippen LogP contribution < -0.4 is 15.0 Å². The molecule has 0 aliphatic carbocycles. The van der Waals surface area contributed by atoms with E-state index in [1.54, 1.807) is 53.7 Å². The monoisotopic (exact) mass is 633 g/mol. The molecule has 4 aromatic rings. The number of nitrogens with one attached hydrogen (secondary N) is 1. The van der Waals surface area contributed by atoms with Crippen LogP contribution in [-0.4, -0.2) is 65.9 Å². The number of anilines is 2. The summed E-state index contributed by atoms with van der Waals surface area (Å²) in [6.45, 7) is 3.84. The van der Waals surface area contributed by atoms with Gasteiger partial charge in [-0.25, -0.2) is 22.6 Å². The average molecular weight is 634 g/mol. The number of likely N-dealkylation sites (tertiary alicyclic amines) is 1. The first-order valence-electron chi connectivity index (χ1n) is 14.8. The minimum atomic E-state index is -3.45. The summed E-state index contributed by atoms with van der Waals surface area (Å²) in [7, 11) is -3.45. The number of aromatic nitrogens is 2. The summed E-state index contributed by atoms with van der Waals surface area (Å²) in [4.78, 5) is 26.2. The molecule has 3 heterocycles. The van der Waals surface area contributed by atoms with Crippen molar-refractivity contribution < 1.29 is 27.4 Å². The lowest BCUT2D eigenvalue weighted by Gasteiger charge is -2.38. The zero-order valence-electron chi connectivity index (χ0n) is 25.0. The fourth-order valence-electron chi connectivity index (χ4n) is 5.21. The van der Waals surface area contributed by atoms with Crippen molar-refractivity contribution in [2.75, 3.05) is 35.7 Å². The largest absolute Gasteiger partial charge is 0.439 e. The minimum absolute atomic E-state index is 0.114. The van der Waals surface area contributed by atoms with Gasteiger partial charge >= 0.3 is 6.03 Å². The first-order valence-corrected chi connectivity index (χ1v) is 16.4. The number of aliphatic hydroxyl groups is 1. The number of sulfone groups is 1. The van der Waals surface area contributed by atoms with E-state index in [1.165, 1.54) is 24.3 Å². The second-order valence-corrected chi connectivity index (χ2v) is 13.1. The van der Waals surface area contributed by atoms with E-state index < -0.39 is 15.7 Å². The molecule has 1 fully saturated rings. The zero-order chi connectivity index (χ0) is 31.8. The Bertz CT molecular complexity index is 1680. The van der Waals surface area contributed by atoms with Gasteiger partial charge in [0.05, 0.1) is 22.5 Å². The highest BCUT2D eigenvalue weighted by atomic mass is 32.2. The van der Waals surface area contributed by atoms with Crippen LogP contribution in [0.3, 0.4) is 0 Å². The number of halogens is 1. The lowest BCUT2D eigenvalue weighted by Crippen LogP contribution is -2.49. The van der Waals surface area contributed by atoms with Crippen LogP contribution in [0.5, 0.6) is 11.6 Å². The third kappa shape index (κ3) is 8.62. The molecule has 5 rings (SSSR count). The van der Waals surface area contributed by atoms with Gasteiger partial charge in [0, 0.05) is 55.9 Å². The fourth-order valence-corrected chi connectivity index (χ4v) is 6.51. The zero-order valence-corrected chi connectivity index (χ0v) is 25.8. The average Bonchev–Trinajstić information content (AvgIpc) is 3.03. The Morgan fingerprint density at radius 2 is 1.82 bits per heavy atom. The quantitative estimate of drug-likeness (QED) is 0.220. The van der Waals surface area contributed by atoms with E-state index >= 15 is 0 Å². The van der Waals surface area contributed by atoms with E-state index in [1.807, 2.05) is 19.1 Å². The molecule has 1 aliphatic rings. The smallest absolute Gasteiger partial charge is 0.326 e. The minimum Gasteiger partial charge on any atom is -0.439 e. The third-order valence-electron chi connectivity index (χ3n) is 7.57. The standard InChI is InChI=1S/C33H36FN5O5S/c1-24-6-8-27(22-35-24)37-33(41)39(29-5-2-4-26(34)20-29)28-14-16-38(17-15-28)23-25-7-13-32(36-21-25)44-30-9-11-31(12-10-30)45(42,43)19-3-18-40/h2,4-13,20-22,28,40H,3,14-19,23H2,1H3,(H,37,41). The van der Waals surface area contributed by atoms with Gasteiger partial charge in [-0.05, 0) is 86.3 Å². The number of hydrogen-bond acceptors (Lipinski definition) is 8. The number of benzene rings is 2. The molecule has 0 saturated carbocycles. The first-order chi connectivity index (χ1) is 21.7. The molecule has 0 radical (unpaired) electrons. The molecule has 2 aromatic heterocycles. The highest BCUT2D eigenvalue weighted by molar-refractivity contribution is 7.91. The van der Waals surface area contributed by atoms with Crippen LogP contribution >= 0.6 is 0 Å². The topological polar surface area (TPSA) is 125 Å². The highest BCUT2D eigenvalue weighted by Gasteiger charge is 2.30. The van der Waals surface area contributed by atoms with Crippen LogP contribution in [0.25, 0.3) is 0 Å². The summed E-state index contributed by atoms with van der Waals surface area (Å²) in [5.41, 5.74) is 2.92. The van der Waals surface area contributed by atoms with Gasteiger partial charge in [-0.2, -0.15) is 0 Å². The number of carbonyl (C=O) groups excluding carboxylic acids is 1. The lowest BCUT2D eigenvalue weighted by molar-refractivity contribution is 0.199. The molecule has 12 heteroatoms. The Morgan fingerprint density at radius 3 is 2.47 bits per heavy atom. The van der Waals surface area contributed by atoms with Crippen molar-refractivity contribution >= 4 is 27.2 Å². The van der Waals surface area contributed by atoms with Crippen molar-refractivity contribution in [3.63, 3.8) is 0 Å². The summed E-state index contributed by atoms with van der Waals surface area (Å²) in [5, 5.41) is 11.8. The van der Waals surface area contributed by atoms with Crippen molar-refractivity contribution in [2.24, 2.45) is 0 Å². The maximum Gasteiger partial charge on any atom is 0.326 e. The fraction of sp³-hybridized carbons (Fsp3) is 0.303. The molecule has 0 bridgehead atoms. The number of aliphatic hydroxyl groups excluding tert-OH is 1. The van der Waals surface area contributed by atoms with Crippen LogP contribution in [0.2, 0.25) is 0 Å². The van der Waals surface area contributed by atoms with Crippen molar-refractivity contribution in [3.8, 4) is 11.6 Å². The van der Waals surface area contributed by atoms with Gasteiger partial charge in [0.2, 0.25) is 5.88 Å². The van der Waals surface area contributed by atoms with Crippen molar-refractivity contribution in [1.29, 1.82) is 0 Å². The van der Waals surface area contributed by atoms with Crippen LogP contribution in [0.15, 0.2) is 90.1 Å². The number of amides is 2. The Balaban J connectivity index is 1.17. The van der Waals surface area contributed by atoms with E-state index in [9.17, 15) is 17.6 Å². The number of carbonyl (C=O) groups is 1. The van der Waals surface area contributed by atoms with Gasteiger partial charge in [-0.1, -0.05) is 12.1 Å². The predicted molar refractivity (Wildman–Crippen MR) is 170 cm³/mol. The molecule has 1 saturated heterocycles. The first kappa shape index (κ1) is 32.0. The Hall–Kier alpha value is -4.39. The number of aryl methyl sites for hydroxylation is 1. The number of nitrogens with zero attached hydrogens (tertiary/aromatic N) is 4. The molecular weight excluding hydrogens is 597 g/mol. The lowest BCUT2D eigenvalue weighted by atomic mass is 10.0. The van der Waals surface area contributed by atoms with E-state index in [-0.39, 0.29) is 35.7 Å². The van der Waals surface area contributed by atoms with Crippen molar-refractivity contribution in [3.05, 3.63) is 102 Å². The predicted octanol–water partition coefficient (Wildman–Crippen LogP) is 5.58. The highest BCUT2D eigenvalue weighted by Crippen LogP contribution is 2.27. The van der Waals surface area contributed by atoms with Gasteiger partial charge < -0.3 is 15.2 Å². The molecule has 2 amide bonds. The molecule has 0 unspecified atom stereocenters. The molecule has 0 spiro atoms. The van der Waals surface area contributed by atoms with Gasteiger partial charge in [0.15, 0.2) is 9.84 Å².